The molecular weight excluding hydrogens is 408 g/mol. The molecule has 1 aliphatic heterocycles. The van der Waals surface area contributed by atoms with Gasteiger partial charge in [-0.05, 0) is 38.0 Å². The van der Waals surface area contributed by atoms with Gasteiger partial charge in [-0.3, -0.25) is 14.5 Å². The maximum atomic E-state index is 12.6. The fraction of sp³-hybridized carbons (Fsp3) is 0.409. The summed E-state index contributed by atoms with van der Waals surface area (Å²) in [5.41, 5.74) is 2.10. The normalized spacial score (nSPS) is 16.8. The Morgan fingerprint density at radius 3 is 2.72 bits per heavy atom. The summed E-state index contributed by atoms with van der Waals surface area (Å²) in [4.78, 5) is 37.8. The molecule has 10 nitrogen and oxygen atoms in total. The molecule has 0 spiro atoms. The number of carbonyl (C=O) groups is 2. The molecule has 3 heterocycles. The van der Waals surface area contributed by atoms with E-state index in [1.54, 1.807) is 28.8 Å². The summed E-state index contributed by atoms with van der Waals surface area (Å²) >= 11 is 0. The summed E-state index contributed by atoms with van der Waals surface area (Å²) < 4.78 is 1.75. The first-order valence-electron chi connectivity index (χ1n) is 10.9. The molecule has 10 heteroatoms. The van der Waals surface area contributed by atoms with Crippen LogP contribution in [0.4, 0.5) is 11.5 Å². The van der Waals surface area contributed by atoms with Crippen LogP contribution in [0.5, 0.6) is 0 Å². The highest BCUT2D eigenvalue weighted by atomic mass is 16.2. The average molecular weight is 435 g/mol. The van der Waals surface area contributed by atoms with Gasteiger partial charge < -0.3 is 15.5 Å². The largest absolute Gasteiger partial charge is 0.354 e. The molecule has 1 aliphatic carbocycles. The molecule has 0 bridgehead atoms. The molecule has 2 N–H and O–H groups in total. The number of amides is 2. The van der Waals surface area contributed by atoms with Gasteiger partial charge in [-0.1, -0.05) is 6.07 Å². The number of fused-ring (bicyclic) bond motifs is 1. The molecule has 3 aromatic rings. The highest BCUT2D eigenvalue weighted by Crippen LogP contribution is 2.20. The highest BCUT2D eigenvalue weighted by Gasteiger charge is 2.24. The Morgan fingerprint density at radius 2 is 1.94 bits per heavy atom. The fourth-order valence-corrected chi connectivity index (χ4v) is 3.91. The zero-order chi connectivity index (χ0) is 22.1. The van der Waals surface area contributed by atoms with Crippen molar-refractivity contribution in [3.05, 3.63) is 47.9 Å². The third-order valence-corrected chi connectivity index (χ3v) is 5.75. The van der Waals surface area contributed by atoms with E-state index in [1.807, 2.05) is 13.0 Å². The first-order chi connectivity index (χ1) is 15.5. The lowest BCUT2D eigenvalue weighted by atomic mass is 10.2. The van der Waals surface area contributed by atoms with Crippen LogP contribution in [0, 0.1) is 6.92 Å². The second-order valence-corrected chi connectivity index (χ2v) is 8.37. The predicted octanol–water partition coefficient (Wildman–Crippen LogP) is 1.09. The number of anilines is 2. The van der Waals surface area contributed by atoms with E-state index < -0.39 is 0 Å². The summed E-state index contributed by atoms with van der Waals surface area (Å²) in [7, 11) is 0. The van der Waals surface area contributed by atoms with Crippen LogP contribution in [-0.2, 0) is 4.79 Å². The molecule has 2 aliphatic rings. The zero-order valence-electron chi connectivity index (χ0n) is 18.0. The number of carbonyl (C=O) groups excluding carboxylic acids is 2. The number of aromatic nitrogens is 4. The van der Waals surface area contributed by atoms with Crippen molar-refractivity contribution < 1.29 is 9.59 Å². The number of piperazine rings is 1. The van der Waals surface area contributed by atoms with Gasteiger partial charge in [-0.2, -0.15) is 14.6 Å². The number of aryl methyl sites for hydroxylation is 1. The molecule has 1 saturated heterocycles. The van der Waals surface area contributed by atoms with Crippen LogP contribution in [-0.4, -0.2) is 75.1 Å². The van der Waals surface area contributed by atoms with Crippen molar-refractivity contribution >= 4 is 29.1 Å². The van der Waals surface area contributed by atoms with Crippen molar-refractivity contribution in [1.29, 1.82) is 0 Å². The summed E-state index contributed by atoms with van der Waals surface area (Å²) in [6, 6.07) is 9.39. The molecule has 2 aromatic heterocycles. The maximum Gasteiger partial charge on any atom is 0.254 e. The van der Waals surface area contributed by atoms with E-state index in [4.69, 9.17) is 0 Å². The van der Waals surface area contributed by atoms with Gasteiger partial charge in [0.15, 0.2) is 0 Å². The molecule has 2 fully saturated rings. The van der Waals surface area contributed by atoms with Crippen molar-refractivity contribution in [1.82, 2.24) is 29.8 Å². The minimum absolute atomic E-state index is 0.0865. The van der Waals surface area contributed by atoms with Crippen LogP contribution in [0.25, 0.3) is 5.78 Å². The second kappa shape index (κ2) is 8.54. The van der Waals surface area contributed by atoms with E-state index in [0.29, 0.717) is 29.6 Å². The van der Waals surface area contributed by atoms with Gasteiger partial charge in [-0.15, -0.1) is 0 Å². The van der Waals surface area contributed by atoms with Crippen LogP contribution in [0.1, 0.15) is 28.9 Å². The number of benzene rings is 1. The molecule has 1 saturated carbocycles. The van der Waals surface area contributed by atoms with Crippen LogP contribution < -0.4 is 15.5 Å². The average Bonchev–Trinajstić information content (AvgIpc) is 3.47. The van der Waals surface area contributed by atoms with Gasteiger partial charge in [0.2, 0.25) is 5.91 Å². The van der Waals surface area contributed by atoms with E-state index in [9.17, 15) is 9.59 Å². The van der Waals surface area contributed by atoms with Crippen molar-refractivity contribution in [3.8, 4) is 0 Å². The Kier molecular flexibility index (Phi) is 5.44. The number of hydrogen-bond acceptors (Lipinski definition) is 7. The number of hydrogen-bond donors (Lipinski definition) is 2. The molecule has 0 radical (unpaired) electrons. The summed E-state index contributed by atoms with van der Waals surface area (Å²) in [6.45, 7) is 5.33. The number of nitrogens with one attached hydrogen (secondary N) is 2. The van der Waals surface area contributed by atoms with Crippen LogP contribution in [0.2, 0.25) is 0 Å². The lowest BCUT2D eigenvalue weighted by Crippen LogP contribution is -2.49. The highest BCUT2D eigenvalue weighted by molar-refractivity contribution is 5.97. The molecule has 0 unspecified atom stereocenters. The minimum atomic E-state index is -0.0902. The Morgan fingerprint density at radius 1 is 1.12 bits per heavy atom. The Labute approximate surface area is 185 Å². The second-order valence-electron chi connectivity index (χ2n) is 8.37. The smallest absolute Gasteiger partial charge is 0.254 e. The summed E-state index contributed by atoms with van der Waals surface area (Å²) in [6.07, 6.45) is 3.59. The maximum absolute atomic E-state index is 12.6. The quantitative estimate of drug-likeness (QED) is 0.598. The Balaban J connectivity index is 1.15. The molecule has 166 valence electrons. The first-order valence-corrected chi connectivity index (χ1v) is 10.9. The van der Waals surface area contributed by atoms with Gasteiger partial charge >= 0.3 is 0 Å². The van der Waals surface area contributed by atoms with E-state index in [-0.39, 0.29) is 11.8 Å². The Bertz CT molecular complexity index is 1150. The van der Waals surface area contributed by atoms with E-state index >= 15 is 0 Å². The SMILES string of the molecule is Cc1cc(N2CCN(CC(=O)Nc3cccc(C(=O)NC4CC4)c3)CC2)n2ncnc2n1. The van der Waals surface area contributed by atoms with Crippen LogP contribution in [0.3, 0.4) is 0 Å². The van der Waals surface area contributed by atoms with Gasteiger partial charge in [0.05, 0.1) is 6.54 Å². The topological polar surface area (TPSA) is 108 Å². The Hall–Kier alpha value is -3.53. The predicted molar refractivity (Wildman–Crippen MR) is 120 cm³/mol. The summed E-state index contributed by atoms with van der Waals surface area (Å²) in [5, 5.41) is 10.2. The van der Waals surface area contributed by atoms with Crippen molar-refractivity contribution in [2.75, 3.05) is 42.9 Å². The molecule has 32 heavy (non-hydrogen) atoms. The number of rotatable bonds is 6. The lowest BCUT2D eigenvalue weighted by molar-refractivity contribution is -0.117. The van der Waals surface area contributed by atoms with Crippen LogP contribution in [0.15, 0.2) is 36.7 Å². The standard InChI is InChI=1S/C22H26N8O2/c1-15-11-20(30-22(25-15)23-14-24-30)29-9-7-28(8-10-29)13-19(31)26-18-4-2-3-16(12-18)21(32)27-17-5-6-17/h2-4,11-12,14,17H,5-10,13H2,1H3,(H,26,31)(H,27,32). The molecule has 0 atom stereocenters. The van der Waals surface area contributed by atoms with E-state index in [2.05, 4.69) is 35.5 Å². The van der Waals surface area contributed by atoms with E-state index in [1.165, 1.54) is 6.33 Å². The first kappa shape index (κ1) is 20.4. The molecule has 1 aromatic carbocycles. The minimum Gasteiger partial charge on any atom is -0.354 e. The summed E-state index contributed by atoms with van der Waals surface area (Å²) in [5.74, 6) is 1.38. The fourth-order valence-electron chi connectivity index (χ4n) is 3.91. The van der Waals surface area contributed by atoms with Crippen molar-refractivity contribution in [2.24, 2.45) is 0 Å². The van der Waals surface area contributed by atoms with Crippen molar-refractivity contribution in [2.45, 2.75) is 25.8 Å². The monoisotopic (exact) mass is 434 g/mol. The zero-order valence-corrected chi connectivity index (χ0v) is 18.0. The van der Waals surface area contributed by atoms with Gasteiger partial charge in [0.1, 0.15) is 12.1 Å². The van der Waals surface area contributed by atoms with Gasteiger partial charge in [0.25, 0.3) is 11.7 Å². The molecule has 5 rings (SSSR count). The third-order valence-electron chi connectivity index (χ3n) is 5.75. The molecule has 2 amide bonds. The van der Waals surface area contributed by atoms with Crippen LogP contribution >= 0.6 is 0 Å². The van der Waals surface area contributed by atoms with E-state index in [0.717, 1.165) is 50.5 Å². The lowest BCUT2D eigenvalue weighted by Gasteiger charge is -2.35. The van der Waals surface area contributed by atoms with Crippen molar-refractivity contribution in [3.63, 3.8) is 0 Å². The van der Waals surface area contributed by atoms with Gasteiger partial charge in [-0.25, -0.2) is 4.98 Å². The third kappa shape index (κ3) is 4.54. The van der Waals surface area contributed by atoms with Gasteiger partial charge in [0, 0.05) is 55.2 Å². The number of nitrogens with zero attached hydrogens (tertiary/aromatic N) is 6. The molecular formula is C22H26N8O2.